The lowest BCUT2D eigenvalue weighted by atomic mass is 9.86. The summed E-state index contributed by atoms with van der Waals surface area (Å²) in [5, 5.41) is 5.59. The predicted molar refractivity (Wildman–Crippen MR) is 87.1 cm³/mol. The average Bonchev–Trinajstić information content (AvgIpc) is 2.54. The molecule has 0 bridgehead atoms. The van der Waals surface area contributed by atoms with Crippen molar-refractivity contribution in [1.82, 2.24) is 10.3 Å². The smallest absolute Gasteiger partial charge is 0.238 e. The van der Waals surface area contributed by atoms with Crippen LogP contribution in [0.25, 0.3) is 0 Å². The van der Waals surface area contributed by atoms with E-state index in [4.69, 9.17) is 0 Å². The molecule has 0 aromatic carbocycles. The second kappa shape index (κ2) is 6.86. The van der Waals surface area contributed by atoms with E-state index in [2.05, 4.69) is 15.6 Å². The van der Waals surface area contributed by atoms with Crippen molar-refractivity contribution in [1.29, 1.82) is 0 Å². The van der Waals surface area contributed by atoms with E-state index in [9.17, 15) is 14.0 Å². The number of aromatic nitrogens is 1. The number of halogens is 1. The molecule has 2 amide bonds. The van der Waals surface area contributed by atoms with Gasteiger partial charge in [0.2, 0.25) is 11.8 Å². The number of amides is 2. The molecule has 1 fully saturated rings. The molecule has 0 spiro atoms. The molecule has 1 atom stereocenters. The second-order valence-corrected chi connectivity index (χ2v) is 7.34. The van der Waals surface area contributed by atoms with Crippen LogP contribution in [0.1, 0.15) is 38.5 Å². The van der Waals surface area contributed by atoms with E-state index in [0.717, 1.165) is 19.3 Å². The molecule has 23 heavy (non-hydrogen) atoms. The first-order valence-electron chi connectivity index (χ1n) is 7.94. The number of carbonyl (C=O) groups is 2. The summed E-state index contributed by atoms with van der Waals surface area (Å²) in [6.45, 7) is 0.0413. The van der Waals surface area contributed by atoms with Crippen molar-refractivity contribution in [3.8, 4) is 0 Å². The Morgan fingerprint density at radius 3 is 3.00 bits per heavy atom. The van der Waals surface area contributed by atoms with Gasteiger partial charge in [0, 0.05) is 12.6 Å². The lowest BCUT2D eigenvalue weighted by molar-refractivity contribution is -0.124. The maximum atomic E-state index is 14.5. The molecule has 5 nitrogen and oxygen atoms in total. The average molecular weight is 337 g/mol. The highest BCUT2D eigenvalue weighted by atomic mass is 32.2. The van der Waals surface area contributed by atoms with Crippen molar-refractivity contribution >= 4 is 29.3 Å². The van der Waals surface area contributed by atoms with Crippen LogP contribution in [0.3, 0.4) is 0 Å². The fourth-order valence-electron chi connectivity index (χ4n) is 2.98. The van der Waals surface area contributed by atoms with Crippen LogP contribution in [0.2, 0.25) is 0 Å². The van der Waals surface area contributed by atoms with Crippen molar-refractivity contribution in [2.45, 2.75) is 54.5 Å². The van der Waals surface area contributed by atoms with Gasteiger partial charge in [-0.1, -0.05) is 31.0 Å². The molecule has 1 aliphatic heterocycles. The van der Waals surface area contributed by atoms with Gasteiger partial charge in [-0.3, -0.25) is 9.59 Å². The third kappa shape index (κ3) is 4.02. The molecule has 3 rings (SSSR count). The number of nitrogens with zero attached hydrogens (tertiary/aromatic N) is 1. The molecule has 0 saturated heterocycles. The van der Waals surface area contributed by atoms with E-state index < -0.39 is 10.9 Å². The maximum absolute atomic E-state index is 14.5. The van der Waals surface area contributed by atoms with Crippen molar-refractivity contribution < 1.29 is 14.0 Å². The van der Waals surface area contributed by atoms with Gasteiger partial charge < -0.3 is 10.6 Å². The quantitative estimate of drug-likeness (QED) is 0.886. The minimum absolute atomic E-state index is 0.0304. The zero-order chi connectivity index (χ0) is 16.3. The first-order chi connectivity index (χ1) is 11.1. The summed E-state index contributed by atoms with van der Waals surface area (Å²) in [6.07, 6.45) is 5.49. The van der Waals surface area contributed by atoms with Crippen LogP contribution in [0, 0.1) is 0 Å². The zero-order valence-corrected chi connectivity index (χ0v) is 13.6. The molecule has 7 heteroatoms. The standard InChI is InChI=1S/C16H20FN3O2S/c17-16(6-2-1-3-7-16)10-19-13(21)9-12-14(22)20-11-5-4-8-18-15(11)23-12/h4-5,8,12H,1-3,6-7,9-10H2,(H,19,21)(H,20,22). The molecule has 1 aliphatic carbocycles. The number of pyridine rings is 1. The molecule has 0 radical (unpaired) electrons. The molecular weight excluding hydrogens is 317 g/mol. The van der Waals surface area contributed by atoms with Crippen LogP contribution < -0.4 is 10.6 Å². The van der Waals surface area contributed by atoms with E-state index in [0.29, 0.717) is 23.6 Å². The number of thioether (sulfide) groups is 1. The van der Waals surface area contributed by atoms with E-state index in [1.54, 1.807) is 18.3 Å². The molecule has 2 heterocycles. The molecule has 1 saturated carbocycles. The van der Waals surface area contributed by atoms with Crippen LogP contribution >= 0.6 is 11.8 Å². The van der Waals surface area contributed by atoms with Crippen LogP contribution in [0.15, 0.2) is 23.4 Å². The van der Waals surface area contributed by atoms with Gasteiger partial charge in [0.25, 0.3) is 0 Å². The highest BCUT2D eigenvalue weighted by Gasteiger charge is 2.33. The fraction of sp³-hybridized carbons (Fsp3) is 0.562. The lowest BCUT2D eigenvalue weighted by Crippen LogP contribution is -2.42. The normalized spacial score (nSPS) is 22.8. The Kier molecular flexibility index (Phi) is 4.84. The molecule has 2 N–H and O–H groups in total. The first-order valence-corrected chi connectivity index (χ1v) is 8.82. The van der Waals surface area contributed by atoms with Gasteiger partial charge in [-0.15, -0.1) is 0 Å². The van der Waals surface area contributed by atoms with Crippen LogP contribution in [0.4, 0.5) is 10.1 Å². The minimum atomic E-state index is -1.29. The van der Waals surface area contributed by atoms with Crippen LogP contribution in [-0.4, -0.2) is 34.3 Å². The zero-order valence-electron chi connectivity index (χ0n) is 12.8. The van der Waals surface area contributed by atoms with E-state index >= 15 is 0 Å². The highest BCUT2D eigenvalue weighted by molar-refractivity contribution is 8.00. The summed E-state index contributed by atoms with van der Waals surface area (Å²) in [5.41, 5.74) is -0.617. The van der Waals surface area contributed by atoms with Crippen molar-refractivity contribution in [3.05, 3.63) is 18.3 Å². The minimum Gasteiger partial charge on any atom is -0.353 e. The van der Waals surface area contributed by atoms with Gasteiger partial charge in [0.15, 0.2) is 0 Å². The van der Waals surface area contributed by atoms with Crippen LogP contribution in [0.5, 0.6) is 0 Å². The summed E-state index contributed by atoms with van der Waals surface area (Å²) in [5.74, 6) is -0.502. The Balaban J connectivity index is 1.53. The third-order valence-corrected chi connectivity index (χ3v) is 5.51. The Morgan fingerprint density at radius 1 is 1.43 bits per heavy atom. The summed E-state index contributed by atoms with van der Waals surface area (Å²) < 4.78 is 14.5. The summed E-state index contributed by atoms with van der Waals surface area (Å²) in [4.78, 5) is 28.3. The monoisotopic (exact) mass is 337 g/mol. The van der Waals surface area contributed by atoms with E-state index in [1.165, 1.54) is 11.8 Å². The topological polar surface area (TPSA) is 71.1 Å². The molecule has 2 aliphatic rings. The number of fused-ring (bicyclic) bond motifs is 1. The number of rotatable bonds is 4. The Bertz CT molecular complexity index is 605. The third-order valence-electron chi connectivity index (χ3n) is 4.30. The number of anilines is 1. The number of hydrogen-bond acceptors (Lipinski definition) is 4. The molecule has 1 unspecified atom stereocenters. The van der Waals surface area contributed by atoms with Crippen molar-refractivity contribution in [2.75, 3.05) is 11.9 Å². The molecule has 1 aromatic heterocycles. The summed E-state index contributed by atoms with van der Waals surface area (Å²) in [7, 11) is 0. The molecule has 124 valence electrons. The van der Waals surface area contributed by atoms with Gasteiger partial charge in [-0.2, -0.15) is 0 Å². The van der Waals surface area contributed by atoms with Crippen molar-refractivity contribution in [2.24, 2.45) is 0 Å². The van der Waals surface area contributed by atoms with Gasteiger partial charge in [-0.05, 0) is 25.0 Å². The van der Waals surface area contributed by atoms with E-state index in [1.807, 2.05) is 0 Å². The first kappa shape index (κ1) is 16.2. The fourth-order valence-corrected chi connectivity index (χ4v) is 4.01. The Labute approximate surface area is 138 Å². The number of alkyl halides is 1. The largest absolute Gasteiger partial charge is 0.353 e. The maximum Gasteiger partial charge on any atom is 0.238 e. The summed E-state index contributed by atoms with van der Waals surface area (Å²) in [6, 6.07) is 3.52. The SMILES string of the molecule is O=C(CC1Sc2ncccc2NC1=O)NCC1(F)CCCCC1. The second-order valence-electron chi connectivity index (χ2n) is 6.14. The summed E-state index contributed by atoms with van der Waals surface area (Å²) >= 11 is 1.28. The van der Waals surface area contributed by atoms with Gasteiger partial charge in [-0.25, -0.2) is 9.37 Å². The Hall–Kier alpha value is -1.63. The van der Waals surface area contributed by atoms with Crippen molar-refractivity contribution in [3.63, 3.8) is 0 Å². The lowest BCUT2D eigenvalue weighted by Gasteiger charge is -2.29. The predicted octanol–water partition coefficient (Wildman–Crippen LogP) is 2.67. The van der Waals surface area contributed by atoms with Crippen LogP contribution in [-0.2, 0) is 9.59 Å². The number of nitrogens with one attached hydrogen (secondary N) is 2. The van der Waals surface area contributed by atoms with Gasteiger partial charge >= 0.3 is 0 Å². The highest BCUT2D eigenvalue weighted by Crippen LogP contribution is 2.35. The van der Waals surface area contributed by atoms with Gasteiger partial charge in [0.1, 0.15) is 10.7 Å². The molecular formula is C16H20FN3O2S. The number of hydrogen-bond donors (Lipinski definition) is 2. The Morgan fingerprint density at radius 2 is 2.22 bits per heavy atom. The molecule has 1 aromatic rings. The number of carbonyl (C=O) groups excluding carboxylic acids is 2. The van der Waals surface area contributed by atoms with Gasteiger partial charge in [0.05, 0.1) is 17.5 Å². The van der Waals surface area contributed by atoms with E-state index in [-0.39, 0.29) is 24.8 Å².